The number of hydrogen-bond acceptors (Lipinski definition) is 2. The van der Waals surface area contributed by atoms with Crippen molar-refractivity contribution in [2.24, 2.45) is 0 Å². The summed E-state index contributed by atoms with van der Waals surface area (Å²) in [6.07, 6.45) is 0. The molecule has 4 heteroatoms. The van der Waals surface area contributed by atoms with E-state index in [-0.39, 0.29) is 5.91 Å². The van der Waals surface area contributed by atoms with Gasteiger partial charge in [-0.05, 0) is 50.1 Å². The van der Waals surface area contributed by atoms with Crippen molar-refractivity contribution in [2.45, 2.75) is 25.7 Å². The van der Waals surface area contributed by atoms with Crippen molar-refractivity contribution in [3.8, 4) is 0 Å². The zero-order valence-corrected chi connectivity index (χ0v) is 13.9. The molecule has 1 N–H and O–H groups in total. The van der Waals surface area contributed by atoms with Crippen LogP contribution >= 0.6 is 23.4 Å². The van der Waals surface area contributed by atoms with Gasteiger partial charge in [0.25, 0.3) is 0 Å². The lowest BCUT2D eigenvalue weighted by Gasteiger charge is -2.09. The second-order valence-corrected chi connectivity index (χ2v) is 6.51. The number of carbonyl (C=O) groups is 1. The van der Waals surface area contributed by atoms with Crippen LogP contribution in [-0.2, 0) is 4.79 Å². The molecule has 0 spiro atoms. The van der Waals surface area contributed by atoms with Crippen LogP contribution < -0.4 is 5.32 Å². The molecule has 0 unspecified atom stereocenters. The summed E-state index contributed by atoms with van der Waals surface area (Å²) in [5, 5.41) is 3.42. The van der Waals surface area contributed by atoms with Crippen molar-refractivity contribution in [3.63, 3.8) is 0 Å². The maximum Gasteiger partial charge on any atom is 0.234 e. The van der Waals surface area contributed by atoms with Crippen molar-refractivity contribution in [1.82, 2.24) is 0 Å². The van der Waals surface area contributed by atoms with Crippen LogP contribution in [0.1, 0.15) is 16.7 Å². The first kappa shape index (κ1) is 15.9. The molecule has 0 aliphatic carbocycles. The molecule has 0 heterocycles. The second kappa shape index (κ2) is 7.01. The van der Waals surface area contributed by atoms with E-state index in [2.05, 4.69) is 37.4 Å². The molecule has 21 heavy (non-hydrogen) atoms. The Bertz CT molecular complexity index is 670. The van der Waals surface area contributed by atoms with Crippen LogP contribution in [-0.4, -0.2) is 11.7 Å². The number of hydrogen-bond donors (Lipinski definition) is 1. The van der Waals surface area contributed by atoms with Crippen LogP contribution in [0.15, 0.2) is 41.3 Å². The Morgan fingerprint density at radius 3 is 2.48 bits per heavy atom. The van der Waals surface area contributed by atoms with Gasteiger partial charge in [0.05, 0.1) is 16.5 Å². The molecule has 110 valence electrons. The van der Waals surface area contributed by atoms with E-state index in [9.17, 15) is 4.79 Å². The zero-order valence-electron chi connectivity index (χ0n) is 12.4. The van der Waals surface area contributed by atoms with Gasteiger partial charge in [-0.2, -0.15) is 0 Å². The molecule has 0 saturated carbocycles. The molecule has 2 nitrogen and oxygen atoms in total. The van der Waals surface area contributed by atoms with E-state index in [1.165, 1.54) is 11.1 Å². The van der Waals surface area contributed by atoms with Crippen molar-refractivity contribution >= 4 is 35.0 Å². The Kier molecular flexibility index (Phi) is 5.32. The average molecular weight is 320 g/mol. The monoisotopic (exact) mass is 319 g/mol. The third kappa shape index (κ3) is 4.51. The fourth-order valence-corrected chi connectivity index (χ4v) is 3.12. The Hall–Kier alpha value is -1.45. The molecule has 0 aliphatic heterocycles. The molecule has 1 amide bonds. The highest BCUT2D eigenvalue weighted by Gasteiger charge is 2.08. The number of rotatable bonds is 4. The minimum atomic E-state index is -0.0494. The van der Waals surface area contributed by atoms with Gasteiger partial charge in [0.15, 0.2) is 0 Å². The highest BCUT2D eigenvalue weighted by molar-refractivity contribution is 8.00. The van der Waals surface area contributed by atoms with Gasteiger partial charge < -0.3 is 5.32 Å². The molecular weight excluding hydrogens is 302 g/mol. The fraction of sp³-hybridized carbons (Fsp3) is 0.235. The Morgan fingerprint density at radius 2 is 1.76 bits per heavy atom. The molecule has 0 bridgehead atoms. The van der Waals surface area contributed by atoms with Crippen LogP contribution in [0.2, 0.25) is 5.02 Å². The minimum absolute atomic E-state index is 0.0494. The number of aryl methyl sites for hydroxylation is 3. The lowest BCUT2D eigenvalue weighted by Crippen LogP contribution is -2.14. The van der Waals surface area contributed by atoms with Gasteiger partial charge in [-0.15, -0.1) is 11.8 Å². The fourth-order valence-electron chi connectivity index (χ4n) is 1.91. The SMILES string of the molecule is Cc1ccc(NC(=O)CSc2cc(C)ccc2C)c(Cl)c1. The van der Waals surface area contributed by atoms with E-state index in [0.717, 1.165) is 10.5 Å². The summed E-state index contributed by atoms with van der Waals surface area (Å²) in [5.74, 6) is 0.320. The van der Waals surface area contributed by atoms with Crippen molar-refractivity contribution < 1.29 is 4.79 Å². The Morgan fingerprint density at radius 1 is 1.10 bits per heavy atom. The summed E-state index contributed by atoms with van der Waals surface area (Å²) in [6.45, 7) is 6.07. The van der Waals surface area contributed by atoms with Crippen LogP contribution in [0, 0.1) is 20.8 Å². The molecule has 0 aliphatic rings. The van der Waals surface area contributed by atoms with Crippen molar-refractivity contribution in [2.75, 3.05) is 11.1 Å². The molecule has 2 aromatic rings. The summed E-state index contributed by atoms with van der Waals surface area (Å²) in [5.41, 5.74) is 4.12. The minimum Gasteiger partial charge on any atom is -0.324 e. The van der Waals surface area contributed by atoms with E-state index in [4.69, 9.17) is 11.6 Å². The molecule has 0 radical (unpaired) electrons. The van der Waals surface area contributed by atoms with E-state index in [1.54, 1.807) is 11.8 Å². The van der Waals surface area contributed by atoms with Gasteiger partial charge >= 0.3 is 0 Å². The van der Waals surface area contributed by atoms with Crippen molar-refractivity contribution in [1.29, 1.82) is 0 Å². The summed E-state index contributed by atoms with van der Waals surface area (Å²) < 4.78 is 0. The average Bonchev–Trinajstić information content (AvgIpc) is 2.43. The van der Waals surface area contributed by atoms with E-state index >= 15 is 0 Å². The number of benzene rings is 2. The summed E-state index contributed by atoms with van der Waals surface area (Å²) in [4.78, 5) is 13.2. The topological polar surface area (TPSA) is 29.1 Å². The third-order valence-electron chi connectivity index (χ3n) is 3.10. The third-order valence-corrected chi connectivity index (χ3v) is 4.57. The number of thioether (sulfide) groups is 1. The summed E-state index contributed by atoms with van der Waals surface area (Å²) in [6, 6.07) is 11.9. The predicted octanol–water partition coefficient (Wildman–Crippen LogP) is 5.00. The number of anilines is 1. The molecule has 2 aromatic carbocycles. The molecule has 0 saturated heterocycles. The lowest BCUT2D eigenvalue weighted by atomic mass is 10.2. The summed E-state index contributed by atoms with van der Waals surface area (Å²) in [7, 11) is 0. The first-order valence-electron chi connectivity index (χ1n) is 6.72. The number of nitrogens with one attached hydrogen (secondary N) is 1. The quantitative estimate of drug-likeness (QED) is 0.804. The zero-order chi connectivity index (χ0) is 15.4. The summed E-state index contributed by atoms with van der Waals surface area (Å²) >= 11 is 7.66. The Labute approximate surface area is 134 Å². The maximum absolute atomic E-state index is 12.0. The van der Waals surface area contributed by atoms with E-state index in [1.807, 2.05) is 25.1 Å². The van der Waals surface area contributed by atoms with Gasteiger partial charge in [0.1, 0.15) is 0 Å². The number of halogens is 1. The first-order valence-corrected chi connectivity index (χ1v) is 8.08. The lowest BCUT2D eigenvalue weighted by molar-refractivity contribution is -0.113. The first-order chi connectivity index (χ1) is 9.95. The van der Waals surface area contributed by atoms with Gasteiger partial charge in [-0.25, -0.2) is 0 Å². The number of carbonyl (C=O) groups excluding carboxylic acids is 1. The smallest absolute Gasteiger partial charge is 0.234 e. The van der Waals surface area contributed by atoms with Gasteiger partial charge in [-0.1, -0.05) is 35.4 Å². The van der Waals surface area contributed by atoms with Crippen LogP contribution in [0.4, 0.5) is 5.69 Å². The largest absolute Gasteiger partial charge is 0.324 e. The van der Waals surface area contributed by atoms with Crippen LogP contribution in [0.25, 0.3) is 0 Å². The van der Waals surface area contributed by atoms with Gasteiger partial charge in [-0.3, -0.25) is 4.79 Å². The highest BCUT2D eigenvalue weighted by atomic mass is 35.5. The van der Waals surface area contributed by atoms with Crippen molar-refractivity contribution in [3.05, 3.63) is 58.1 Å². The van der Waals surface area contributed by atoms with E-state index < -0.39 is 0 Å². The molecule has 0 atom stereocenters. The number of amides is 1. The standard InChI is InChI=1S/C17H18ClNOS/c1-11-5-7-15(14(18)8-11)19-17(20)10-21-16-9-12(2)4-6-13(16)3/h4-9H,10H2,1-3H3,(H,19,20). The molecule has 0 fully saturated rings. The van der Waals surface area contributed by atoms with Crippen LogP contribution in [0.5, 0.6) is 0 Å². The Balaban J connectivity index is 1.97. The van der Waals surface area contributed by atoms with Crippen LogP contribution in [0.3, 0.4) is 0 Å². The van der Waals surface area contributed by atoms with Gasteiger partial charge in [0, 0.05) is 4.90 Å². The molecule has 2 rings (SSSR count). The molecule has 0 aromatic heterocycles. The highest BCUT2D eigenvalue weighted by Crippen LogP contribution is 2.25. The second-order valence-electron chi connectivity index (χ2n) is 5.09. The predicted molar refractivity (Wildman–Crippen MR) is 91.5 cm³/mol. The van der Waals surface area contributed by atoms with Gasteiger partial charge in [0.2, 0.25) is 5.91 Å². The maximum atomic E-state index is 12.0. The molecular formula is C17H18ClNOS. The van der Waals surface area contributed by atoms with E-state index in [0.29, 0.717) is 16.5 Å². The normalized spacial score (nSPS) is 10.5.